The molecule has 3 aromatic rings. The third kappa shape index (κ3) is 3.31. The Morgan fingerprint density at radius 1 is 1.35 bits per heavy atom. The van der Waals surface area contributed by atoms with Crippen LogP contribution in [-0.2, 0) is 18.3 Å². The molecule has 1 unspecified atom stereocenters. The van der Waals surface area contributed by atoms with Crippen LogP contribution in [0.2, 0.25) is 0 Å². The number of esters is 1. The molecule has 23 heavy (non-hydrogen) atoms. The van der Waals surface area contributed by atoms with Gasteiger partial charge < -0.3 is 9.30 Å². The molecule has 3 rings (SSSR count). The van der Waals surface area contributed by atoms with Gasteiger partial charge in [0.1, 0.15) is 18.3 Å². The fourth-order valence-corrected chi connectivity index (χ4v) is 2.25. The summed E-state index contributed by atoms with van der Waals surface area (Å²) in [6.45, 7) is 4.30. The van der Waals surface area contributed by atoms with Crippen LogP contribution in [0.1, 0.15) is 23.2 Å². The van der Waals surface area contributed by atoms with E-state index < -0.39 is 5.97 Å². The summed E-state index contributed by atoms with van der Waals surface area (Å²) >= 11 is 0. The van der Waals surface area contributed by atoms with Gasteiger partial charge in [0.05, 0.1) is 6.54 Å². The first kappa shape index (κ1) is 15.0. The summed E-state index contributed by atoms with van der Waals surface area (Å²) < 4.78 is 10.7. The van der Waals surface area contributed by atoms with Crippen LogP contribution in [0.5, 0.6) is 0 Å². The van der Waals surface area contributed by atoms with Crippen molar-refractivity contribution in [3.8, 4) is 5.82 Å². The summed E-state index contributed by atoms with van der Waals surface area (Å²) in [5, 5.41) is 4.25. The predicted molar refractivity (Wildman–Crippen MR) is 82.2 cm³/mol. The van der Waals surface area contributed by atoms with Crippen molar-refractivity contribution in [2.45, 2.75) is 26.5 Å². The lowest BCUT2D eigenvalue weighted by molar-refractivity contribution is 0.0298. The van der Waals surface area contributed by atoms with E-state index in [1.807, 2.05) is 43.9 Å². The Balaban J connectivity index is 1.64. The van der Waals surface area contributed by atoms with Gasteiger partial charge in [0.15, 0.2) is 11.5 Å². The second kappa shape index (κ2) is 6.07. The molecule has 0 fully saturated rings. The summed E-state index contributed by atoms with van der Waals surface area (Å²) in [4.78, 5) is 20.4. The molecule has 0 N–H and O–H groups in total. The molecule has 8 heteroatoms. The van der Waals surface area contributed by atoms with Crippen LogP contribution in [-0.4, -0.2) is 41.0 Å². The molecule has 8 nitrogen and oxygen atoms in total. The van der Waals surface area contributed by atoms with E-state index in [2.05, 4.69) is 15.1 Å². The quantitative estimate of drug-likeness (QED) is 0.664. The van der Waals surface area contributed by atoms with Gasteiger partial charge in [0.25, 0.3) is 0 Å². The van der Waals surface area contributed by atoms with Gasteiger partial charge in [-0.2, -0.15) is 5.10 Å². The highest BCUT2D eigenvalue weighted by molar-refractivity contribution is 5.87. The molecule has 0 spiro atoms. The van der Waals surface area contributed by atoms with Gasteiger partial charge >= 0.3 is 5.97 Å². The van der Waals surface area contributed by atoms with Crippen molar-refractivity contribution in [1.82, 2.24) is 28.9 Å². The highest BCUT2D eigenvalue weighted by Gasteiger charge is 2.16. The molecule has 1 atom stereocenters. The Labute approximate surface area is 133 Å². The lowest BCUT2D eigenvalue weighted by Gasteiger charge is -2.13. The van der Waals surface area contributed by atoms with Gasteiger partial charge in [-0.05, 0) is 13.8 Å². The van der Waals surface area contributed by atoms with E-state index >= 15 is 0 Å². The van der Waals surface area contributed by atoms with Gasteiger partial charge in [0, 0.05) is 37.9 Å². The van der Waals surface area contributed by atoms with E-state index in [1.165, 1.54) is 0 Å². The fraction of sp³-hybridized carbons (Fsp3) is 0.333. The zero-order valence-electron chi connectivity index (χ0n) is 13.2. The second-order valence-corrected chi connectivity index (χ2v) is 5.36. The van der Waals surface area contributed by atoms with Gasteiger partial charge in [-0.1, -0.05) is 0 Å². The van der Waals surface area contributed by atoms with Crippen LogP contribution in [0.25, 0.3) is 5.82 Å². The van der Waals surface area contributed by atoms with Crippen molar-refractivity contribution < 1.29 is 9.53 Å². The normalized spacial score (nSPS) is 12.3. The van der Waals surface area contributed by atoms with Crippen LogP contribution in [0.3, 0.4) is 0 Å². The van der Waals surface area contributed by atoms with Crippen LogP contribution >= 0.6 is 0 Å². The lowest BCUT2D eigenvalue weighted by Crippen LogP contribution is -2.21. The molecular formula is C15H18N6O2. The predicted octanol–water partition coefficient (Wildman–Crippen LogP) is 1.36. The molecule has 3 aromatic heterocycles. The average molecular weight is 314 g/mol. The topological polar surface area (TPSA) is 79.8 Å². The van der Waals surface area contributed by atoms with E-state index in [0.717, 1.165) is 5.82 Å². The maximum absolute atomic E-state index is 12.2. The molecule has 0 amide bonds. The molecule has 0 radical (unpaired) electrons. The second-order valence-electron chi connectivity index (χ2n) is 5.36. The number of imidazole rings is 2. The third-order valence-corrected chi connectivity index (χ3v) is 3.44. The molecule has 0 aliphatic carbocycles. The summed E-state index contributed by atoms with van der Waals surface area (Å²) in [5.74, 6) is 1.12. The van der Waals surface area contributed by atoms with Crippen LogP contribution in [0, 0.1) is 6.92 Å². The van der Waals surface area contributed by atoms with Crippen molar-refractivity contribution in [3.63, 3.8) is 0 Å². The number of aromatic nitrogens is 6. The number of carbonyl (C=O) groups excluding carboxylic acids is 1. The zero-order valence-corrected chi connectivity index (χ0v) is 13.2. The van der Waals surface area contributed by atoms with Crippen LogP contribution in [0.4, 0.5) is 0 Å². The molecular weight excluding hydrogens is 296 g/mol. The summed E-state index contributed by atoms with van der Waals surface area (Å²) in [5.41, 5.74) is 0.254. The first-order valence-corrected chi connectivity index (χ1v) is 7.25. The molecule has 3 heterocycles. The van der Waals surface area contributed by atoms with E-state index in [9.17, 15) is 4.79 Å². The number of aryl methyl sites for hydroxylation is 2. The van der Waals surface area contributed by atoms with Crippen LogP contribution < -0.4 is 0 Å². The Kier molecular flexibility index (Phi) is 3.96. The number of carbonyl (C=O) groups is 1. The van der Waals surface area contributed by atoms with E-state index in [1.54, 1.807) is 28.0 Å². The highest BCUT2D eigenvalue weighted by Crippen LogP contribution is 2.09. The summed E-state index contributed by atoms with van der Waals surface area (Å²) in [7, 11) is 1.83. The number of hydrogen-bond donors (Lipinski definition) is 0. The molecule has 0 bridgehead atoms. The SMILES string of the molecule is Cc1nccn1CC(C)OC(=O)c1cn(-c2ccn(C)n2)cn1. The average Bonchev–Trinajstić information content (AvgIpc) is 3.21. The Morgan fingerprint density at radius 2 is 2.17 bits per heavy atom. The minimum absolute atomic E-state index is 0.254. The number of nitrogens with zero attached hydrogens (tertiary/aromatic N) is 6. The summed E-state index contributed by atoms with van der Waals surface area (Å²) in [6.07, 6.45) is 8.27. The van der Waals surface area contributed by atoms with Crippen molar-refractivity contribution >= 4 is 5.97 Å². The van der Waals surface area contributed by atoms with E-state index in [0.29, 0.717) is 12.4 Å². The summed E-state index contributed by atoms with van der Waals surface area (Å²) in [6, 6.07) is 1.83. The first-order valence-electron chi connectivity index (χ1n) is 7.25. The number of ether oxygens (including phenoxy) is 1. The Bertz CT molecular complexity index is 815. The molecule has 0 saturated heterocycles. The standard InChI is InChI=1S/C15H18N6O2/c1-11(8-20-7-5-16-12(20)2)23-15(22)13-9-21(10-17-13)14-4-6-19(3)18-14/h4-7,9-11H,8H2,1-3H3. The minimum atomic E-state index is -0.454. The molecule has 0 aliphatic rings. The van der Waals surface area contributed by atoms with Crippen molar-refractivity contribution in [1.29, 1.82) is 0 Å². The third-order valence-electron chi connectivity index (χ3n) is 3.44. The number of hydrogen-bond acceptors (Lipinski definition) is 5. The molecule has 0 saturated carbocycles. The Morgan fingerprint density at radius 3 is 2.83 bits per heavy atom. The molecule has 0 aliphatic heterocycles. The smallest absolute Gasteiger partial charge is 0.358 e. The zero-order chi connectivity index (χ0) is 16.4. The van der Waals surface area contributed by atoms with Gasteiger partial charge in [-0.3, -0.25) is 9.25 Å². The minimum Gasteiger partial charge on any atom is -0.456 e. The van der Waals surface area contributed by atoms with Gasteiger partial charge in [-0.25, -0.2) is 14.8 Å². The van der Waals surface area contributed by atoms with Crippen molar-refractivity contribution in [2.75, 3.05) is 0 Å². The van der Waals surface area contributed by atoms with E-state index in [4.69, 9.17) is 4.74 Å². The maximum Gasteiger partial charge on any atom is 0.358 e. The van der Waals surface area contributed by atoms with Crippen LogP contribution in [0.15, 0.2) is 37.2 Å². The lowest BCUT2D eigenvalue weighted by atomic mass is 10.4. The molecule has 0 aromatic carbocycles. The number of rotatable bonds is 5. The van der Waals surface area contributed by atoms with Gasteiger partial charge in [-0.15, -0.1) is 0 Å². The van der Waals surface area contributed by atoms with Crippen molar-refractivity contribution in [2.24, 2.45) is 7.05 Å². The maximum atomic E-state index is 12.2. The molecule has 120 valence electrons. The fourth-order valence-electron chi connectivity index (χ4n) is 2.25. The van der Waals surface area contributed by atoms with E-state index in [-0.39, 0.29) is 11.8 Å². The van der Waals surface area contributed by atoms with Gasteiger partial charge in [0.2, 0.25) is 0 Å². The first-order chi connectivity index (χ1) is 11.0. The highest BCUT2D eigenvalue weighted by atomic mass is 16.5. The largest absolute Gasteiger partial charge is 0.456 e. The Hall–Kier alpha value is -2.90. The van der Waals surface area contributed by atoms with Crippen molar-refractivity contribution in [3.05, 3.63) is 48.7 Å². The monoisotopic (exact) mass is 314 g/mol.